The summed E-state index contributed by atoms with van der Waals surface area (Å²) in [6.45, 7) is 10.2. The normalized spacial score (nSPS) is 13.0. The van der Waals surface area contributed by atoms with E-state index < -0.39 is 5.54 Å². The number of hydrogen-bond acceptors (Lipinski definition) is 3. The van der Waals surface area contributed by atoms with Crippen LogP contribution in [0.1, 0.15) is 37.5 Å². The highest BCUT2D eigenvalue weighted by Crippen LogP contribution is 2.35. The van der Waals surface area contributed by atoms with E-state index in [0.29, 0.717) is 28.7 Å². The second-order valence-electron chi connectivity index (χ2n) is 9.14. The molecule has 0 atom stereocenters. The lowest BCUT2D eigenvalue weighted by atomic mass is 9.92. The van der Waals surface area contributed by atoms with Crippen LogP contribution in [0.2, 0.25) is 5.02 Å². The Hall–Kier alpha value is -3.77. The Morgan fingerprint density at radius 2 is 1.86 bits per heavy atom. The molecule has 0 saturated carbocycles. The molecule has 1 aliphatic heterocycles. The standard InChI is InChI=1S/C28H28ClN3O3/c1-18(2)20-6-5-7-21(14-20)28(3,4)31-27(34)30-23-12-13-25-24(15-23)32(26(33)17-35-25)16-19-8-10-22(29)11-9-19/h5-15H,1,16-17H2,2-4H3,(H2,30,31,34). The van der Waals surface area contributed by atoms with Crippen molar-refractivity contribution >= 4 is 40.5 Å². The van der Waals surface area contributed by atoms with Crippen LogP contribution in [-0.4, -0.2) is 18.5 Å². The Morgan fingerprint density at radius 1 is 1.11 bits per heavy atom. The number of hydrogen-bond donors (Lipinski definition) is 2. The number of fused-ring (bicyclic) bond motifs is 1. The number of anilines is 2. The molecule has 3 aromatic rings. The van der Waals surface area contributed by atoms with Crippen LogP contribution in [0.25, 0.3) is 5.57 Å². The summed E-state index contributed by atoms with van der Waals surface area (Å²) in [5.41, 5.74) is 4.41. The van der Waals surface area contributed by atoms with Gasteiger partial charge in [0.1, 0.15) is 5.75 Å². The number of rotatable bonds is 6. The lowest BCUT2D eigenvalue weighted by Gasteiger charge is -2.30. The number of urea groups is 1. The molecule has 1 aliphatic rings. The fourth-order valence-electron chi connectivity index (χ4n) is 3.92. The van der Waals surface area contributed by atoms with Crippen molar-refractivity contribution in [1.29, 1.82) is 0 Å². The molecule has 0 fully saturated rings. The van der Waals surface area contributed by atoms with Gasteiger partial charge in [0.05, 0.1) is 17.8 Å². The third kappa shape index (κ3) is 5.66. The highest BCUT2D eigenvalue weighted by atomic mass is 35.5. The second kappa shape index (κ2) is 9.84. The van der Waals surface area contributed by atoms with Crippen LogP contribution < -0.4 is 20.3 Å². The van der Waals surface area contributed by atoms with Crippen molar-refractivity contribution in [3.05, 3.63) is 95.0 Å². The zero-order chi connectivity index (χ0) is 25.2. The van der Waals surface area contributed by atoms with Gasteiger partial charge in [0, 0.05) is 10.7 Å². The third-order valence-electron chi connectivity index (χ3n) is 5.92. The summed E-state index contributed by atoms with van der Waals surface area (Å²) in [6.07, 6.45) is 0. The third-order valence-corrected chi connectivity index (χ3v) is 6.17. The number of carbonyl (C=O) groups is 2. The molecule has 3 amide bonds. The quantitative estimate of drug-likeness (QED) is 0.423. The Kier molecular flexibility index (Phi) is 6.85. The number of ether oxygens (including phenoxy) is 1. The van der Waals surface area contributed by atoms with Crippen molar-refractivity contribution in [3.63, 3.8) is 0 Å². The van der Waals surface area contributed by atoms with E-state index in [4.69, 9.17) is 16.3 Å². The maximum atomic E-state index is 12.9. The minimum Gasteiger partial charge on any atom is -0.482 e. The van der Waals surface area contributed by atoms with Gasteiger partial charge in [-0.3, -0.25) is 4.79 Å². The lowest BCUT2D eigenvalue weighted by molar-refractivity contribution is -0.121. The van der Waals surface area contributed by atoms with E-state index in [2.05, 4.69) is 17.2 Å². The lowest BCUT2D eigenvalue weighted by Crippen LogP contribution is -2.43. The molecule has 0 aromatic heterocycles. The number of allylic oxidation sites excluding steroid dienone is 1. The first-order chi connectivity index (χ1) is 16.6. The van der Waals surface area contributed by atoms with Gasteiger partial charge in [0.25, 0.3) is 5.91 Å². The Bertz CT molecular complexity index is 1280. The van der Waals surface area contributed by atoms with E-state index in [1.54, 1.807) is 35.2 Å². The number of benzene rings is 3. The molecule has 4 rings (SSSR count). The van der Waals surface area contributed by atoms with Gasteiger partial charge in [-0.25, -0.2) is 4.79 Å². The molecular weight excluding hydrogens is 462 g/mol. The fraction of sp³-hybridized carbons (Fsp3) is 0.214. The summed E-state index contributed by atoms with van der Waals surface area (Å²) in [7, 11) is 0. The molecule has 0 saturated heterocycles. The van der Waals surface area contributed by atoms with Crippen LogP contribution in [0, 0.1) is 0 Å². The summed E-state index contributed by atoms with van der Waals surface area (Å²) in [5.74, 6) is 0.425. The SMILES string of the molecule is C=C(C)c1cccc(C(C)(C)NC(=O)Nc2ccc3c(c2)N(Cc2ccc(Cl)cc2)C(=O)CO3)c1. The smallest absolute Gasteiger partial charge is 0.319 e. The van der Waals surface area contributed by atoms with E-state index in [1.165, 1.54) is 0 Å². The van der Waals surface area contributed by atoms with Crippen molar-refractivity contribution in [1.82, 2.24) is 5.32 Å². The number of halogens is 1. The van der Waals surface area contributed by atoms with Crippen molar-refractivity contribution < 1.29 is 14.3 Å². The highest BCUT2D eigenvalue weighted by Gasteiger charge is 2.27. The maximum absolute atomic E-state index is 12.9. The number of nitrogens with one attached hydrogen (secondary N) is 2. The topological polar surface area (TPSA) is 70.7 Å². The minimum absolute atomic E-state index is 0.0364. The number of amides is 3. The molecule has 2 N–H and O–H groups in total. The monoisotopic (exact) mass is 489 g/mol. The van der Waals surface area contributed by atoms with E-state index >= 15 is 0 Å². The summed E-state index contributed by atoms with van der Waals surface area (Å²) in [4.78, 5) is 27.2. The van der Waals surface area contributed by atoms with Gasteiger partial charge in [-0.15, -0.1) is 0 Å². The highest BCUT2D eigenvalue weighted by molar-refractivity contribution is 6.30. The number of nitrogens with zero attached hydrogens (tertiary/aromatic N) is 1. The molecule has 0 spiro atoms. The molecule has 1 heterocycles. The van der Waals surface area contributed by atoms with E-state index in [-0.39, 0.29) is 18.5 Å². The van der Waals surface area contributed by atoms with Gasteiger partial charge in [0.2, 0.25) is 0 Å². The molecule has 35 heavy (non-hydrogen) atoms. The Balaban J connectivity index is 1.51. The van der Waals surface area contributed by atoms with Crippen molar-refractivity contribution in [2.45, 2.75) is 32.9 Å². The van der Waals surface area contributed by atoms with Gasteiger partial charge in [-0.05, 0) is 73.9 Å². The fourth-order valence-corrected chi connectivity index (χ4v) is 4.04. The number of carbonyl (C=O) groups excluding carboxylic acids is 2. The molecule has 3 aromatic carbocycles. The van der Waals surface area contributed by atoms with Gasteiger partial charge in [0.15, 0.2) is 6.61 Å². The molecule has 7 heteroatoms. The van der Waals surface area contributed by atoms with Crippen LogP contribution in [-0.2, 0) is 16.9 Å². The van der Waals surface area contributed by atoms with Crippen LogP contribution in [0.4, 0.5) is 16.2 Å². The van der Waals surface area contributed by atoms with E-state index in [1.807, 2.05) is 57.2 Å². The first-order valence-corrected chi connectivity index (χ1v) is 11.7. The predicted octanol–water partition coefficient (Wildman–Crippen LogP) is 6.36. The van der Waals surface area contributed by atoms with Gasteiger partial charge in [-0.1, -0.05) is 54.1 Å². The molecule has 0 radical (unpaired) electrons. The van der Waals surface area contributed by atoms with Gasteiger partial charge < -0.3 is 20.3 Å². The predicted molar refractivity (Wildman–Crippen MR) is 141 cm³/mol. The van der Waals surface area contributed by atoms with Crippen LogP contribution in [0.5, 0.6) is 5.75 Å². The summed E-state index contributed by atoms with van der Waals surface area (Å²) >= 11 is 5.99. The van der Waals surface area contributed by atoms with Crippen molar-refractivity contribution in [3.8, 4) is 5.75 Å². The van der Waals surface area contributed by atoms with E-state index in [0.717, 1.165) is 22.3 Å². The average molecular weight is 490 g/mol. The van der Waals surface area contributed by atoms with Crippen molar-refractivity contribution in [2.24, 2.45) is 0 Å². The molecule has 180 valence electrons. The Morgan fingerprint density at radius 3 is 2.57 bits per heavy atom. The molecule has 0 aliphatic carbocycles. The van der Waals surface area contributed by atoms with Crippen molar-refractivity contribution in [2.75, 3.05) is 16.8 Å². The zero-order valence-corrected chi connectivity index (χ0v) is 20.8. The van der Waals surface area contributed by atoms with Crippen LogP contribution >= 0.6 is 11.6 Å². The summed E-state index contributed by atoms with van der Waals surface area (Å²) in [6, 6.07) is 20.2. The summed E-state index contributed by atoms with van der Waals surface area (Å²) in [5, 5.41) is 6.55. The molecule has 0 unspecified atom stereocenters. The first kappa shape index (κ1) is 24.4. The average Bonchev–Trinajstić information content (AvgIpc) is 2.82. The van der Waals surface area contributed by atoms with Crippen LogP contribution in [0.15, 0.2) is 73.3 Å². The van der Waals surface area contributed by atoms with Gasteiger partial charge >= 0.3 is 6.03 Å². The minimum atomic E-state index is -0.622. The Labute approximate surface area is 210 Å². The second-order valence-corrected chi connectivity index (χ2v) is 9.58. The molecule has 6 nitrogen and oxygen atoms in total. The maximum Gasteiger partial charge on any atom is 0.319 e. The van der Waals surface area contributed by atoms with Gasteiger partial charge in [-0.2, -0.15) is 0 Å². The molecular formula is C28H28ClN3O3. The first-order valence-electron chi connectivity index (χ1n) is 11.3. The zero-order valence-electron chi connectivity index (χ0n) is 20.0. The van der Waals surface area contributed by atoms with E-state index in [9.17, 15) is 9.59 Å². The summed E-state index contributed by atoms with van der Waals surface area (Å²) < 4.78 is 5.60. The largest absolute Gasteiger partial charge is 0.482 e. The molecule has 0 bridgehead atoms. The van der Waals surface area contributed by atoms with Crippen LogP contribution in [0.3, 0.4) is 0 Å².